The minimum atomic E-state index is -1.08. The molecular weight excluding hydrogens is 458 g/mol. The van der Waals surface area contributed by atoms with Gasteiger partial charge in [-0.15, -0.1) is 0 Å². The zero-order valence-corrected chi connectivity index (χ0v) is 19.5. The fraction of sp³-hybridized carbons (Fsp3) is 0.231. The molecule has 1 amide bonds. The molecule has 8 heteroatoms. The van der Waals surface area contributed by atoms with Gasteiger partial charge < -0.3 is 24.3 Å². The normalized spacial score (nSPS) is 17.2. The summed E-state index contributed by atoms with van der Waals surface area (Å²) in [6, 6.07) is 20.3. The average Bonchev–Trinajstić information content (AvgIpc) is 2.99. The van der Waals surface area contributed by atoms with Crippen molar-refractivity contribution in [1.29, 1.82) is 0 Å². The van der Waals surface area contributed by atoms with Crippen LogP contribution < -0.4 is 14.8 Å². The van der Waals surface area contributed by atoms with Crippen LogP contribution in [0.1, 0.15) is 29.2 Å². The smallest absolute Gasteiger partial charge is 0.308 e. The summed E-state index contributed by atoms with van der Waals surface area (Å²) in [7, 11) is 2.80. The third kappa shape index (κ3) is 5.16. The number of carbonyl (C=O) groups excluding carboxylic acids is 2. The summed E-state index contributed by atoms with van der Waals surface area (Å²) < 4.78 is 22.8. The van der Waals surface area contributed by atoms with Gasteiger partial charge >= 0.3 is 5.97 Å². The number of esters is 1. The number of fused-ring (bicyclic) bond motifs is 1. The second kappa shape index (κ2) is 10.6. The summed E-state index contributed by atoms with van der Waals surface area (Å²) in [6.07, 6.45) is -2.09. The molecule has 1 N–H and O–H groups in total. The van der Waals surface area contributed by atoms with E-state index in [4.69, 9.17) is 30.5 Å². The number of nitrogens with one attached hydrogen (secondary N) is 1. The number of hydrogen-bond donors (Lipinski definition) is 1. The number of rotatable bonds is 7. The lowest BCUT2D eigenvalue weighted by Gasteiger charge is -2.24. The zero-order valence-electron chi connectivity index (χ0n) is 18.7. The Kier molecular flexibility index (Phi) is 7.35. The lowest BCUT2D eigenvalue weighted by Crippen LogP contribution is -2.32. The number of carbonyl (C=O) groups is 2. The number of methoxy groups -OCH3 is 2. The lowest BCUT2D eigenvalue weighted by atomic mass is 9.98. The van der Waals surface area contributed by atoms with Gasteiger partial charge in [0.2, 0.25) is 0 Å². The summed E-state index contributed by atoms with van der Waals surface area (Å²) in [4.78, 5) is 24.8. The van der Waals surface area contributed by atoms with Gasteiger partial charge in [-0.05, 0) is 29.8 Å². The fourth-order valence-corrected chi connectivity index (χ4v) is 3.98. The van der Waals surface area contributed by atoms with E-state index in [-0.39, 0.29) is 6.42 Å². The van der Waals surface area contributed by atoms with Gasteiger partial charge in [0.05, 0.1) is 20.6 Å². The molecule has 7 nitrogen and oxygen atoms in total. The third-order valence-corrected chi connectivity index (χ3v) is 5.69. The van der Waals surface area contributed by atoms with Crippen molar-refractivity contribution in [3.05, 3.63) is 88.4 Å². The zero-order chi connectivity index (χ0) is 24.1. The Morgan fingerprint density at radius 3 is 2.56 bits per heavy atom. The Morgan fingerprint density at radius 2 is 1.82 bits per heavy atom. The molecule has 0 saturated carbocycles. The third-order valence-electron chi connectivity index (χ3n) is 5.46. The summed E-state index contributed by atoms with van der Waals surface area (Å²) in [5.74, 6) is -0.0358. The largest absolute Gasteiger partial charge is 0.492 e. The van der Waals surface area contributed by atoms with Crippen molar-refractivity contribution in [1.82, 2.24) is 0 Å². The molecule has 0 bridgehead atoms. The highest BCUT2D eigenvalue weighted by Gasteiger charge is 2.35. The predicted molar refractivity (Wildman–Crippen MR) is 127 cm³/mol. The van der Waals surface area contributed by atoms with Crippen molar-refractivity contribution in [2.24, 2.45) is 0 Å². The van der Waals surface area contributed by atoms with Crippen LogP contribution in [0.5, 0.6) is 11.5 Å². The van der Waals surface area contributed by atoms with E-state index >= 15 is 0 Å². The first-order valence-corrected chi connectivity index (χ1v) is 11.0. The number of anilines is 1. The number of benzene rings is 3. The standard InChI is InChI=1S/C26H24ClNO6/c1-31-23(29)14-22-26(30)28-20-12-11-17(27)13-19(20)24(34-22)18-9-6-10-21(25(18)32-2)33-15-16-7-4-3-5-8-16/h3-13,22,24H,14-15H2,1-2H3,(H,28,30). The summed E-state index contributed by atoms with van der Waals surface area (Å²) >= 11 is 6.29. The number of hydrogen-bond acceptors (Lipinski definition) is 6. The Balaban J connectivity index is 1.74. The number of ether oxygens (including phenoxy) is 4. The van der Waals surface area contributed by atoms with Crippen molar-refractivity contribution >= 4 is 29.2 Å². The molecule has 34 heavy (non-hydrogen) atoms. The highest BCUT2D eigenvalue weighted by atomic mass is 35.5. The molecule has 0 saturated heterocycles. The Bertz CT molecular complexity index is 1180. The first kappa shape index (κ1) is 23.6. The van der Waals surface area contributed by atoms with Gasteiger partial charge in [0.25, 0.3) is 5.91 Å². The second-order valence-corrected chi connectivity index (χ2v) is 8.10. The molecule has 0 spiro atoms. The van der Waals surface area contributed by atoms with E-state index in [0.717, 1.165) is 5.56 Å². The van der Waals surface area contributed by atoms with Crippen molar-refractivity contribution in [2.75, 3.05) is 19.5 Å². The van der Waals surface area contributed by atoms with Crippen LogP contribution in [0.4, 0.5) is 5.69 Å². The predicted octanol–water partition coefficient (Wildman–Crippen LogP) is 4.92. The monoisotopic (exact) mass is 481 g/mol. The number of amides is 1. The van der Waals surface area contributed by atoms with Crippen LogP contribution >= 0.6 is 11.6 Å². The van der Waals surface area contributed by atoms with Gasteiger partial charge in [0.15, 0.2) is 11.5 Å². The Labute approximate surface area is 202 Å². The SMILES string of the molecule is COC(=O)CC1OC(c2cccc(OCc3ccccc3)c2OC)c2cc(Cl)ccc2NC1=O. The van der Waals surface area contributed by atoms with E-state index in [2.05, 4.69) is 5.32 Å². The van der Waals surface area contributed by atoms with E-state index in [9.17, 15) is 9.59 Å². The van der Waals surface area contributed by atoms with Gasteiger partial charge in [-0.1, -0.05) is 54.1 Å². The van der Waals surface area contributed by atoms with E-state index < -0.39 is 24.1 Å². The molecule has 1 aliphatic rings. The molecular formula is C26H24ClNO6. The van der Waals surface area contributed by atoms with E-state index in [1.165, 1.54) is 7.11 Å². The van der Waals surface area contributed by atoms with Crippen molar-refractivity contribution in [2.45, 2.75) is 25.2 Å². The molecule has 1 aliphatic heterocycles. The van der Waals surface area contributed by atoms with Gasteiger partial charge in [-0.3, -0.25) is 9.59 Å². The number of para-hydroxylation sites is 1. The minimum Gasteiger partial charge on any atom is -0.492 e. The lowest BCUT2D eigenvalue weighted by molar-refractivity contribution is -0.148. The summed E-state index contributed by atoms with van der Waals surface area (Å²) in [5, 5.41) is 3.30. The van der Waals surface area contributed by atoms with E-state index in [1.807, 2.05) is 42.5 Å². The molecule has 0 fully saturated rings. The molecule has 3 aromatic carbocycles. The van der Waals surface area contributed by atoms with Crippen LogP contribution in [-0.4, -0.2) is 32.2 Å². The summed E-state index contributed by atoms with van der Waals surface area (Å²) in [5.41, 5.74) is 2.80. The van der Waals surface area contributed by atoms with Gasteiger partial charge in [-0.25, -0.2) is 0 Å². The van der Waals surface area contributed by atoms with E-state index in [0.29, 0.717) is 39.9 Å². The van der Waals surface area contributed by atoms with Crippen LogP contribution in [0.2, 0.25) is 5.02 Å². The molecule has 0 aliphatic carbocycles. The highest BCUT2D eigenvalue weighted by molar-refractivity contribution is 6.30. The molecule has 176 valence electrons. The van der Waals surface area contributed by atoms with Gasteiger partial charge in [0, 0.05) is 21.8 Å². The van der Waals surface area contributed by atoms with Crippen molar-refractivity contribution in [3.63, 3.8) is 0 Å². The molecule has 1 heterocycles. The van der Waals surface area contributed by atoms with Crippen LogP contribution in [0.15, 0.2) is 66.7 Å². The van der Waals surface area contributed by atoms with E-state index in [1.54, 1.807) is 31.4 Å². The molecule has 0 aromatic heterocycles. The molecule has 3 aromatic rings. The van der Waals surface area contributed by atoms with Gasteiger partial charge in [0.1, 0.15) is 18.8 Å². The maximum atomic E-state index is 12.8. The Hall–Kier alpha value is -3.55. The first-order valence-electron chi connectivity index (χ1n) is 10.7. The summed E-state index contributed by atoms with van der Waals surface area (Å²) in [6.45, 7) is 0.347. The molecule has 0 radical (unpaired) electrons. The van der Waals surface area contributed by atoms with Gasteiger partial charge in [-0.2, -0.15) is 0 Å². The number of halogens is 1. The maximum Gasteiger partial charge on any atom is 0.308 e. The topological polar surface area (TPSA) is 83.1 Å². The van der Waals surface area contributed by atoms with Crippen molar-refractivity contribution in [3.8, 4) is 11.5 Å². The average molecular weight is 482 g/mol. The fourth-order valence-electron chi connectivity index (χ4n) is 3.80. The Morgan fingerprint density at radius 1 is 1.03 bits per heavy atom. The first-order chi connectivity index (χ1) is 16.5. The van der Waals surface area contributed by atoms with Crippen LogP contribution in [-0.2, 0) is 25.7 Å². The quantitative estimate of drug-likeness (QED) is 0.482. The molecule has 4 rings (SSSR count). The second-order valence-electron chi connectivity index (χ2n) is 7.66. The van der Waals surface area contributed by atoms with Crippen molar-refractivity contribution < 1.29 is 28.5 Å². The molecule has 2 atom stereocenters. The van der Waals surface area contributed by atoms with Crippen LogP contribution in [0.3, 0.4) is 0 Å². The maximum absolute atomic E-state index is 12.8. The van der Waals surface area contributed by atoms with Crippen LogP contribution in [0, 0.1) is 0 Å². The highest BCUT2D eigenvalue weighted by Crippen LogP contribution is 2.44. The van der Waals surface area contributed by atoms with Crippen LogP contribution in [0.25, 0.3) is 0 Å². The molecule has 2 unspecified atom stereocenters. The minimum absolute atomic E-state index is 0.243.